The summed E-state index contributed by atoms with van der Waals surface area (Å²) in [6.07, 6.45) is 6.29. The Hall–Kier alpha value is -1.85. The lowest BCUT2D eigenvalue weighted by molar-refractivity contribution is -0.126. The molecule has 1 aromatic heterocycles. The Morgan fingerprint density at radius 3 is 2.86 bits per heavy atom. The molecule has 2 heterocycles. The van der Waals surface area contributed by atoms with Crippen LogP contribution in [0.15, 0.2) is 12.4 Å². The van der Waals surface area contributed by atoms with Crippen LogP contribution in [-0.2, 0) is 9.59 Å². The summed E-state index contributed by atoms with van der Waals surface area (Å²) in [7, 11) is 0. The van der Waals surface area contributed by atoms with E-state index in [1.54, 1.807) is 11.1 Å². The maximum atomic E-state index is 12.1. The highest BCUT2D eigenvalue weighted by atomic mass is 16.2. The van der Waals surface area contributed by atoms with Gasteiger partial charge in [0.2, 0.25) is 11.8 Å². The molecule has 6 heteroatoms. The molecule has 2 fully saturated rings. The van der Waals surface area contributed by atoms with Crippen molar-refractivity contribution in [3.8, 4) is 0 Å². The monoisotopic (exact) mass is 290 g/mol. The van der Waals surface area contributed by atoms with Crippen LogP contribution >= 0.6 is 0 Å². The number of carbonyl (C=O) groups excluding carboxylic acids is 2. The first kappa shape index (κ1) is 14.1. The molecule has 3 rings (SSSR count). The molecule has 0 bridgehead atoms. The minimum Gasteiger partial charge on any atom is -0.356 e. The van der Waals surface area contributed by atoms with Crippen molar-refractivity contribution in [1.82, 2.24) is 15.1 Å². The van der Waals surface area contributed by atoms with Crippen molar-refractivity contribution in [3.63, 3.8) is 0 Å². The van der Waals surface area contributed by atoms with Crippen LogP contribution in [0.2, 0.25) is 0 Å². The van der Waals surface area contributed by atoms with Gasteiger partial charge < -0.3 is 10.2 Å². The number of anilines is 1. The van der Waals surface area contributed by atoms with Crippen LogP contribution in [-0.4, -0.2) is 34.7 Å². The molecule has 0 radical (unpaired) electrons. The first-order valence-electron chi connectivity index (χ1n) is 7.67. The van der Waals surface area contributed by atoms with Crippen molar-refractivity contribution in [1.29, 1.82) is 0 Å². The summed E-state index contributed by atoms with van der Waals surface area (Å²) in [6.45, 7) is 5.29. The number of carbonyl (C=O) groups is 2. The molecule has 2 aliphatic rings. The summed E-state index contributed by atoms with van der Waals surface area (Å²) in [5, 5.41) is 7.22. The van der Waals surface area contributed by atoms with E-state index in [9.17, 15) is 9.59 Å². The summed E-state index contributed by atoms with van der Waals surface area (Å²) in [4.78, 5) is 25.9. The van der Waals surface area contributed by atoms with Gasteiger partial charge in [0, 0.05) is 31.7 Å². The summed E-state index contributed by atoms with van der Waals surface area (Å²) in [5.41, 5.74) is 0.784. The van der Waals surface area contributed by atoms with E-state index < -0.39 is 0 Å². The molecular formula is C15H22N4O2. The number of hydrogen-bond donors (Lipinski definition) is 1. The third-order valence-corrected chi connectivity index (χ3v) is 4.19. The van der Waals surface area contributed by atoms with Crippen LogP contribution in [0.5, 0.6) is 0 Å². The highest BCUT2D eigenvalue weighted by molar-refractivity contribution is 6.00. The van der Waals surface area contributed by atoms with Crippen LogP contribution in [0.25, 0.3) is 0 Å². The average Bonchev–Trinajstić information content (AvgIpc) is 2.98. The fourth-order valence-electron chi connectivity index (χ4n) is 2.59. The van der Waals surface area contributed by atoms with Crippen molar-refractivity contribution < 1.29 is 9.59 Å². The molecule has 1 saturated heterocycles. The van der Waals surface area contributed by atoms with E-state index in [4.69, 9.17) is 0 Å². The molecule has 0 unspecified atom stereocenters. The largest absolute Gasteiger partial charge is 0.356 e. The SMILES string of the molecule is CC(C)n1cc(N2C[C@H](C(=O)NCC3CC3)CC2=O)cn1. The molecule has 1 aliphatic heterocycles. The van der Waals surface area contributed by atoms with Gasteiger partial charge in [-0.25, -0.2) is 0 Å². The summed E-state index contributed by atoms with van der Waals surface area (Å²) in [5.74, 6) is 0.434. The maximum Gasteiger partial charge on any atom is 0.227 e. The van der Waals surface area contributed by atoms with Crippen molar-refractivity contribution in [2.75, 3.05) is 18.0 Å². The second kappa shape index (κ2) is 5.50. The minimum atomic E-state index is -0.237. The number of nitrogens with zero attached hydrogens (tertiary/aromatic N) is 3. The Morgan fingerprint density at radius 1 is 1.48 bits per heavy atom. The van der Waals surface area contributed by atoms with Crippen molar-refractivity contribution in [3.05, 3.63) is 12.4 Å². The predicted molar refractivity (Wildman–Crippen MR) is 78.8 cm³/mol. The summed E-state index contributed by atoms with van der Waals surface area (Å²) in [6, 6.07) is 0.258. The van der Waals surface area contributed by atoms with Gasteiger partial charge in [0.1, 0.15) is 0 Å². The van der Waals surface area contributed by atoms with Gasteiger partial charge in [0.25, 0.3) is 0 Å². The third-order valence-electron chi connectivity index (χ3n) is 4.19. The molecule has 21 heavy (non-hydrogen) atoms. The van der Waals surface area contributed by atoms with Crippen LogP contribution in [0.3, 0.4) is 0 Å². The highest BCUT2D eigenvalue weighted by Gasteiger charge is 2.36. The number of amides is 2. The van der Waals surface area contributed by atoms with E-state index in [0.717, 1.165) is 12.2 Å². The molecular weight excluding hydrogens is 268 g/mol. The van der Waals surface area contributed by atoms with E-state index in [-0.39, 0.29) is 23.8 Å². The zero-order valence-corrected chi connectivity index (χ0v) is 12.6. The highest BCUT2D eigenvalue weighted by Crippen LogP contribution is 2.28. The standard InChI is InChI=1S/C15H22N4O2/c1-10(2)19-9-13(7-17-19)18-8-12(5-14(18)20)15(21)16-6-11-3-4-11/h7,9-12H,3-6,8H2,1-2H3,(H,16,21)/t12-/m1/s1. The molecule has 1 aromatic rings. The molecule has 1 N–H and O–H groups in total. The van der Waals surface area contributed by atoms with Crippen LogP contribution in [0.1, 0.15) is 39.2 Å². The predicted octanol–water partition coefficient (Wildman–Crippen LogP) is 1.34. The molecule has 0 spiro atoms. The van der Waals surface area contributed by atoms with E-state index in [0.29, 0.717) is 18.9 Å². The first-order chi connectivity index (χ1) is 10.0. The second-order valence-corrected chi connectivity index (χ2v) is 6.37. The van der Waals surface area contributed by atoms with Crippen molar-refractivity contribution >= 4 is 17.5 Å². The van der Waals surface area contributed by atoms with Crippen molar-refractivity contribution in [2.45, 2.75) is 39.2 Å². The van der Waals surface area contributed by atoms with Crippen LogP contribution in [0, 0.1) is 11.8 Å². The normalized spacial score (nSPS) is 22.1. The van der Waals surface area contributed by atoms with Gasteiger partial charge in [-0.2, -0.15) is 5.10 Å². The fraction of sp³-hybridized carbons (Fsp3) is 0.667. The topological polar surface area (TPSA) is 67.2 Å². The van der Waals surface area contributed by atoms with E-state index in [1.807, 2.05) is 24.7 Å². The third kappa shape index (κ3) is 3.09. The number of nitrogens with one attached hydrogen (secondary N) is 1. The molecule has 114 valence electrons. The molecule has 1 aliphatic carbocycles. The summed E-state index contributed by atoms with van der Waals surface area (Å²) < 4.78 is 1.82. The lowest BCUT2D eigenvalue weighted by Crippen LogP contribution is -2.34. The maximum absolute atomic E-state index is 12.1. The van der Waals surface area contributed by atoms with Crippen LogP contribution < -0.4 is 10.2 Å². The van der Waals surface area contributed by atoms with Crippen LogP contribution in [0.4, 0.5) is 5.69 Å². The lowest BCUT2D eigenvalue weighted by atomic mass is 10.1. The lowest BCUT2D eigenvalue weighted by Gasteiger charge is -2.14. The molecule has 0 aromatic carbocycles. The Morgan fingerprint density at radius 2 is 2.24 bits per heavy atom. The fourth-order valence-corrected chi connectivity index (χ4v) is 2.59. The molecule has 1 atom stereocenters. The van der Waals surface area contributed by atoms with Gasteiger partial charge >= 0.3 is 0 Å². The van der Waals surface area contributed by atoms with Gasteiger partial charge in [-0.05, 0) is 32.6 Å². The zero-order chi connectivity index (χ0) is 15.0. The van der Waals surface area contributed by atoms with Gasteiger partial charge in [-0.1, -0.05) is 0 Å². The molecule has 2 amide bonds. The second-order valence-electron chi connectivity index (χ2n) is 6.37. The average molecular weight is 290 g/mol. The van der Waals surface area contributed by atoms with Gasteiger partial charge in [-0.3, -0.25) is 14.3 Å². The number of rotatable bonds is 5. The first-order valence-corrected chi connectivity index (χ1v) is 7.67. The Kier molecular flexibility index (Phi) is 3.69. The Bertz CT molecular complexity index is 548. The zero-order valence-electron chi connectivity index (χ0n) is 12.6. The minimum absolute atomic E-state index is 0.00452. The number of aromatic nitrogens is 2. The Labute approximate surface area is 124 Å². The quantitative estimate of drug-likeness (QED) is 0.890. The van der Waals surface area contributed by atoms with E-state index in [2.05, 4.69) is 10.4 Å². The van der Waals surface area contributed by atoms with E-state index in [1.165, 1.54) is 12.8 Å². The van der Waals surface area contributed by atoms with Gasteiger partial charge in [0.05, 0.1) is 17.8 Å². The molecule has 1 saturated carbocycles. The Balaban J connectivity index is 1.61. The van der Waals surface area contributed by atoms with E-state index >= 15 is 0 Å². The van der Waals surface area contributed by atoms with Gasteiger partial charge in [-0.15, -0.1) is 0 Å². The number of hydrogen-bond acceptors (Lipinski definition) is 3. The van der Waals surface area contributed by atoms with Crippen molar-refractivity contribution in [2.24, 2.45) is 11.8 Å². The smallest absolute Gasteiger partial charge is 0.227 e. The summed E-state index contributed by atoms with van der Waals surface area (Å²) >= 11 is 0. The van der Waals surface area contributed by atoms with Gasteiger partial charge in [0.15, 0.2) is 0 Å². The molecule has 6 nitrogen and oxygen atoms in total.